The van der Waals surface area contributed by atoms with E-state index in [0.717, 1.165) is 11.1 Å². The van der Waals surface area contributed by atoms with E-state index < -0.39 is 5.82 Å². The van der Waals surface area contributed by atoms with Crippen LogP contribution in [0.3, 0.4) is 0 Å². The van der Waals surface area contributed by atoms with Gasteiger partial charge in [0.2, 0.25) is 0 Å². The van der Waals surface area contributed by atoms with E-state index in [4.69, 9.17) is 10.5 Å². The Morgan fingerprint density at radius 2 is 1.81 bits per heavy atom. The largest absolute Gasteiger partial charge is 0.496 e. The number of nitrogens with two attached hydrogens (primary N) is 1. The molecule has 0 bridgehead atoms. The number of methoxy groups -OCH3 is 1. The van der Waals surface area contributed by atoms with Gasteiger partial charge in [0.15, 0.2) is 5.78 Å². The fourth-order valence-corrected chi connectivity index (χ4v) is 2.48. The van der Waals surface area contributed by atoms with Gasteiger partial charge in [-0.3, -0.25) is 4.79 Å². The average molecular weight is 352 g/mol. The molecule has 0 aliphatic heterocycles. The van der Waals surface area contributed by atoms with Gasteiger partial charge in [0, 0.05) is 17.3 Å². The van der Waals surface area contributed by atoms with Crippen LogP contribution in [0.25, 0.3) is 0 Å². The lowest BCUT2D eigenvalue weighted by Crippen LogP contribution is -2.08. The van der Waals surface area contributed by atoms with E-state index in [1.54, 1.807) is 6.07 Å². The third-order valence-corrected chi connectivity index (χ3v) is 3.95. The van der Waals surface area contributed by atoms with Gasteiger partial charge in [-0.15, -0.1) is 0 Å². The molecule has 0 unspecified atom stereocenters. The number of rotatable bonds is 3. The Hall–Kier alpha value is -1.88. The Bertz CT molecular complexity index is 729. The lowest BCUT2D eigenvalue weighted by molar-refractivity contribution is 0.103. The molecule has 0 saturated heterocycles. The SMILES string of the molecule is COc1cc(F)c(Br)cc1C(=O)c1cc(N)c(C)cc1C. The molecule has 2 aromatic carbocycles. The van der Waals surface area contributed by atoms with Crippen molar-refractivity contribution < 1.29 is 13.9 Å². The summed E-state index contributed by atoms with van der Waals surface area (Å²) in [5.74, 6) is -0.542. The van der Waals surface area contributed by atoms with Crippen LogP contribution in [0.2, 0.25) is 0 Å². The maximum atomic E-state index is 13.6. The molecule has 0 aromatic heterocycles. The van der Waals surface area contributed by atoms with E-state index in [1.165, 1.54) is 19.2 Å². The minimum absolute atomic E-state index is 0.194. The van der Waals surface area contributed by atoms with Crippen LogP contribution in [-0.2, 0) is 0 Å². The number of nitrogen functional groups attached to an aromatic ring is 1. The zero-order valence-corrected chi connectivity index (χ0v) is 13.5. The molecule has 2 aromatic rings. The Morgan fingerprint density at radius 3 is 2.43 bits per heavy atom. The quantitative estimate of drug-likeness (QED) is 0.670. The first-order valence-corrected chi connectivity index (χ1v) is 7.09. The second-order valence-corrected chi connectivity index (χ2v) is 5.67. The summed E-state index contributed by atoms with van der Waals surface area (Å²) in [6, 6.07) is 6.10. The van der Waals surface area contributed by atoms with Crippen molar-refractivity contribution in [2.75, 3.05) is 12.8 Å². The molecule has 21 heavy (non-hydrogen) atoms. The van der Waals surface area contributed by atoms with Gasteiger partial charge in [-0.2, -0.15) is 0 Å². The monoisotopic (exact) mass is 351 g/mol. The Balaban J connectivity index is 2.60. The van der Waals surface area contributed by atoms with Gasteiger partial charge in [0.05, 0.1) is 17.1 Å². The first-order chi connectivity index (χ1) is 9.85. The summed E-state index contributed by atoms with van der Waals surface area (Å²) in [6.07, 6.45) is 0. The fraction of sp³-hybridized carbons (Fsp3) is 0.188. The van der Waals surface area contributed by atoms with Crippen LogP contribution >= 0.6 is 15.9 Å². The van der Waals surface area contributed by atoms with E-state index in [9.17, 15) is 9.18 Å². The van der Waals surface area contributed by atoms with Crippen molar-refractivity contribution in [3.63, 3.8) is 0 Å². The first kappa shape index (κ1) is 15.5. The van der Waals surface area contributed by atoms with Crippen LogP contribution < -0.4 is 10.5 Å². The predicted octanol–water partition coefficient (Wildman–Crippen LogP) is 4.03. The summed E-state index contributed by atoms with van der Waals surface area (Å²) >= 11 is 3.09. The van der Waals surface area contributed by atoms with Crippen LogP contribution in [-0.4, -0.2) is 12.9 Å². The Kier molecular flexibility index (Phi) is 4.32. The van der Waals surface area contributed by atoms with Gasteiger partial charge in [-0.25, -0.2) is 4.39 Å². The van der Waals surface area contributed by atoms with Gasteiger partial charge < -0.3 is 10.5 Å². The van der Waals surface area contributed by atoms with Crippen LogP contribution in [0.15, 0.2) is 28.7 Å². The number of benzene rings is 2. The molecule has 0 fully saturated rings. The van der Waals surface area contributed by atoms with Crippen molar-refractivity contribution in [1.29, 1.82) is 0 Å². The number of ketones is 1. The second kappa shape index (κ2) is 5.85. The third-order valence-electron chi connectivity index (χ3n) is 3.34. The summed E-state index contributed by atoms with van der Waals surface area (Å²) in [5, 5.41) is 0. The summed E-state index contributed by atoms with van der Waals surface area (Å²) in [6.45, 7) is 3.72. The minimum Gasteiger partial charge on any atom is -0.496 e. The first-order valence-electron chi connectivity index (χ1n) is 6.29. The smallest absolute Gasteiger partial charge is 0.197 e. The normalized spacial score (nSPS) is 10.5. The summed E-state index contributed by atoms with van der Waals surface area (Å²) in [4.78, 5) is 12.7. The fourth-order valence-electron chi connectivity index (χ4n) is 2.13. The molecule has 0 heterocycles. The highest BCUT2D eigenvalue weighted by molar-refractivity contribution is 9.10. The van der Waals surface area contributed by atoms with Gasteiger partial charge in [0.25, 0.3) is 0 Å². The maximum Gasteiger partial charge on any atom is 0.197 e. The van der Waals surface area contributed by atoms with E-state index in [2.05, 4.69) is 15.9 Å². The number of anilines is 1. The predicted molar refractivity (Wildman–Crippen MR) is 84.4 cm³/mol. The molecular formula is C16H15BrFNO2. The van der Waals surface area contributed by atoms with E-state index in [0.29, 0.717) is 11.3 Å². The van der Waals surface area contributed by atoms with Crippen molar-refractivity contribution in [1.82, 2.24) is 0 Å². The molecule has 0 aliphatic carbocycles. The molecule has 110 valence electrons. The topological polar surface area (TPSA) is 52.3 Å². The van der Waals surface area contributed by atoms with Crippen molar-refractivity contribution in [3.05, 3.63) is 56.8 Å². The van der Waals surface area contributed by atoms with Crippen molar-refractivity contribution in [3.8, 4) is 5.75 Å². The summed E-state index contributed by atoms with van der Waals surface area (Å²) < 4.78 is 18.9. The minimum atomic E-state index is -0.483. The zero-order chi connectivity index (χ0) is 15.7. The molecule has 0 saturated carbocycles. The van der Waals surface area contributed by atoms with Crippen LogP contribution in [0.5, 0.6) is 5.75 Å². The van der Waals surface area contributed by atoms with Gasteiger partial charge in [-0.1, -0.05) is 6.07 Å². The van der Waals surface area contributed by atoms with Crippen LogP contribution in [0, 0.1) is 19.7 Å². The molecule has 3 nitrogen and oxygen atoms in total. The standard InChI is InChI=1S/C16H15BrFNO2/c1-8-4-9(2)14(19)6-10(8)16(20)11-5-12(17)13(18)7-15(11)21-3/h4-7H,19H2,1-3H3. The lowest BCUT2D eigenvalue weighted by atomic mass is 9.96. The maximum absolute atomic E-state index is 13.6. The van der Waals surface area contributed by atoms with E-state index in [-0.39, 0.29) is 21.6 Å². The van der Waals surface area contributed by atoms with Gasteiger partial charge >= 0.3 is 0 Å². The molecule has 2 rings (SSSR count). The van der Waals surface area contributed by atoms with Gasteiger partial charge in [0.1, 0.15) is 11.6 Å². The highest BCUT2D eigenvalue weighted by Crippen LogP contribution is 2.30. The number of hydrogen-bond donors (Lipinski definition) is 1. The number of hydrogen-bond acceptors (Lipinski definition) is 3. The lowest BCUT2D eigenvalue weighted by Gasteiger charge is -2.12. The molecular weight excluding hydrogens is 337 g/mol. The number of carbonyl (C=O) groups is 1. The molecule has 0 amide bonds. The highest BCUT2D eigenvalue weighted by atomic mass is 79.9. The second-order valence-electron chi connectivity index (χ2n) is 4.82. The van der Waals surface area contributed by atoms with Crippen LogP contribution in [0.4, 0.5) is 10.1 Å². The van der Waals surface area contributed by atoms with Crippen molar-refractivity contribution in [2.24, 2.45) is 0 Å². The van der Waals surface area contributed by atoms with Gasteiger partial charge in [-0.05, 0) is 53.0 Å². The highest BCUT2D eigenvalue weighted by Gasteiger charge is 2.19. The van der Waals surface area contributed by atoms with Crippen molar-refractivity contribution >= 4 is 27.4 Å². The average Bonchev–Trinajstić information content (AvgIpc) is 2.44. The zero-order valence-electron chi connectivity index (χ0n) is 12.0. The molecule has 5 heteroatoms. The Morgan fingerprint density at radius 1 is 1.14 bits per heavy atom. The third kappa shape index (κ3) is 2.93. The van der Waals surface area contributed by atoms with Crippen molar-refractivity contribution in [2.45, 2.75) is 13.8 Å². The molecule has 0 aliphatic rings. The number of ether oxygens (including phenoxy) is 1. The number of aryl methyl sites for hydroxylation is 2. The van der Waals surface area contributed by atoms with Crippen LogP contribution in [0.1, 0.15) is 27.0 Å². The Labute approximate surface area is 131 Å². The molecule has 2 N–H and O–H groups in total. The van der Waals surface area contributed by atoms with E-state index in [1.807, 2.05) is 19.9 Å². The number of carbonyl (C=O) groups excluding carboxylic acids is 1. The van der Waals surface area contributed by atoms with E-state index >= 15 is 0 Å². The summed E-state index contributed by atoms with van der Waals surface area (Å²) in [7, 11) is 1.40. The number of halogens is 2. The molecule has 0 radical (unpaired) electrons. The molecule has 0 atom stereocenters. The molecule has 0 spiro atoms. The summed E-state index contributed by atoms with van der Waals surface area (Å²) in [5.41, 5.74) is 8.92.